The first kappa shape index (κ1) is 22.6. The molecule has 0 saturated heterocycles. The minimum Gasteiger partial charge on any atom is -0.465 e. The summed E-state index contributed by atoms with van der Waals surface area (Å²) in [7, 11) is 0. The highest BCUT2D eigenvalue weighted by Gasteiger charge is 2.47. The van der Waals surface area contributed by atoms with Gasteiger partial charge in [0.05, 0.1) is 33.7 Å². The molecule has 2 heterocycles. The normalized spacial score (nSPS) is 18.1. The third-order valence-electron chi connectivity index (χ3n) is 5.76. The molecule has 1 amide bonds. The minimum atomic E-state index is -1.06. The van der Waals surface area contributed by atoms with E-state index in [1.54, 1.807) is 30.0 Å². The number of fused-ring (bicyclic) bond motifs is 3. The number of halogens is 2. The number of aromatic nitrogens is 2. The van der Waals surface area contributed by atoms with Crippen LogP contribution in [0.4, 0.5) is 5.95 Å². The lowest BCUT2D eigenvalue weighted by molar-refractivity contribution is -0.153. The van der Waals surface area contributed by atoms with Gasteiger partial charge in [-0.1, -0.05) is 61.2 Å². The molecule has 0 unspecified atom stereocenters. The lowest BCUT2D eigenvalue weighted by Crippen LogP contribution is -2.50. The number of carbonyl (C=O) groups is 2. The minimum absolute atomic E-state index is 0.185. The number of unbranched alkanes of at least 4 members (excludes halogenated alkanes) is 2. The van der Waals surface area contributed by atoms with Crippen molar-refractivity contribution in [3.05, 3.63) is 58.1 Å². The van der Waals surface area contributed by atoms with E-state index in [0.717, 1.165) is 30.3 Å². The Morgan fingerprint density at radius 2 is 1.88 bits per heavy atom. The third-order valence-corrected chi connectivity index (χ3v) is 6.49. The van der Waals surface area contributed by atoms with Crippen molar-refractivity contribution in [3.63, 3.8) is 0 Å². The molecule has 0 fully saturated rings. The second-order valence-electron chi connectivity index (χ2n) is 7.82. The average Bonchev–Trinajstić information content (AvgIpc) is 3.16. The first-order valence-electron chi connectivity index (χ1n) is 10.9. The summed E-state index contributed by atoms with van der Waals surface area (Å²) in [5, 5.41) is 0.762. The van der Waals surface area contributed by atoms with E-state index in [2.05, 4.69) is 6.92 Å². The SMILES string of the molecule is CCCCCN1C(=O)[C@@H](C(=O)OCC)[C@@H](c2ccc(Cl)c(Cl)c2)n2c1nc1ccccc12. The van der Waals surface area contributed by atoms with Gasteiger partial charge in [0.25, 0.3) is 0 Å². The van der Waals surface area contributed by atoms with E-state index in [1.165, 1.54) is 0 Å². The van der Waals surface area contributed by atoms with E-state index in [4.69, 9.17) is 32.9 Å². The number of ether oxygens (including phenoxy) is 1. The monoisotopic (exact) mass is 473 g/mol. The molecule has 0 radical (unpaired) electrons. The Bertz CT molecular complexity index is 1160. The predicted octanol–water partition coefficient (Wildman–Crippen LogP) is 5.65. The molecule has 4 rings (SSSR count). The lowest BCUT2D eigenvalue weighted by Gasteiger charge is -2.38. The van der Waals surface area contributed by atoms with Crippen LogP contribution in [0.15, 0.2) is 42.5 Å². The van der Waals surface area contributed by atoms with E-state index in [0.29, 0.717) is 28.1 Å². The van der Waals surface area contributed by atoms with E-state index >= 15 is 0 Å². The summed E-state index contributed by atoms with van der Waals surface area (Å²) in [6.45, 7) is 4.51. The molecule has 2 atom stereocenters. The maximum absolute atomic E-state index is 13.7. The van der Waals surface area contributed by atoms with E-state index in [9.17, 15) is 9.59 Å². The van der Waals surface area contributed by atoms with Gasteiger partial charge in [-0.05, 0) is 43.2 Å². The third kappa shape index (κ3) is 3.97. The zero-order valence-electron chi connectivity index (χ0n) is 18.1. The van der Waals surface area contributed by atoms with Gasteiger partial charge >= 0.3 is 5.97 Å². The van der Waals surface area contributed by atoms with Gasteiger partial charge in [0, 0.05) is 6.54 Å². The summed E-state index contributed by atoms with van der Waals surface area (Å²) in [6, 6.07) is 12.2. The van der Waals surface area contributed by atoms with E-state index < -0.39 is 17.9 Å². The van der Waals surface area contributed by atoms with E-state index in [-0.39, 0.29) is 12.5 Å². The van der Waals surface area contributed by atoms with Crippen LogP contribution in [0, 0.1) is 5.92 Å². The quantitative estimate of drug-likeness (QED) is 0.252. The average molecular weight is 474 g/mol. The highest BCUT2D eigenvalue weighted by atomic mass is 35.5. The fraction of sp³-hybridized carbons (Fsp3) is 0.375. The summed E-state index contributed by atoms with van der Waals surface area (Å²) in [5.74, 6) is -1.39. The molecule has 2 aromatic carbocycles. The van der Waals surface area contributed by atoms with Crippen molar-refractivity contribution >= 4 is 52.1 Å². The van der Waals surface area contributed by atoms with Crippen LogP contribution < -0.4 is 4.90 Å². The number of rotatable bonds is 7. The first-order valence-corrected chi connectivity index (χ1v) is 11.6. The highest BCUT2D eigenvalue weighted by molar-refractivity contribution is 6.42. The molecule has 0 N–H and O–H groups in total. The molecule has 32 heavy (non-hydrogen) atoms. The molecule has 1 aromatic heterocycles. The Morgan fingerprint density at radius 3 is 2.59 bits per heavy atom. The number of anilines is 1. The Hall–Kier alpha value is -2.57. The molecule has 8 heteroatoms. The predicted molar refractivity (Wildman–Crippen MR) is 126 cm³/mol. The number of imidazole rings is 1. The molecule has 1 aliphatic rings. The molecule has 6 nitrogen and oxygen atoms in total. The second-order valence-corrected chi connectivity index (χ2v) is 8.63. The fourth-order valence-corrected chi connectivity index (χ4v) is 4.58. The summed E-state index contributed by atoms with van der Waals surface area (Å²) in [5.41, 5.74) is 2.29. The number of hydrogen-bond acceptors (Lipinski definition) is 4. The topological polar surface area (TPSA) is 64.4 Å². The van der Waals surface area contributed by atoms with Crippen molar-refractivity contribution in [1.29, 1.82) is 0 Å². The van der Waals surface area contributed by atoms with Crippen molar-refractivity contribution in [2.24, 2.45) is 5.92 Å². The van der Waals surface area contributed by atoms with Crippen molar-refractivity contribution in [2.45, 2.75) is 39.2 Å². The van der Waals surface area contributed by atoms with Crippen LogP contribution in [-0.2, 0) is 14.3 Å². The van der Waals surface area contributed by atoms with Crippen LogP contribution in [0.1, 0.15) is 44.7 Å². The van der Waals surface area contributed by atoms with Crippen molar-refractivity contribution in [3.8, 4) is 0 Å². The zero-order chi connectivity index (χ0) is 22.8. The van der Waals surface area contributed by atoms with Crippen LogP contribution in [0.5, 0.6) is 0 Å². The molecular weight excluding hydrogens is 449 g/mol. The molecule has 0 saturated carbocycles. The number of nitrogens with zero attached hydrogens (tertiary/aromatic N) is 3. The van der Waals surface area contributed by atoms with Crippen molar-refractivity contribution in [1.82, 2.24) is 9.55 Å². The summed E-state index contributed by atoms with van der Waals surface area (Å²) in [4.78, 5) is 33.3. The smallest absolute Gasteiger partial charge is 0.321 e. The molecule has 0 spiro atoms. The van der Waals surface area contributed by atoms with Gasteiger partial charge in [-0.3, -0.25) is 14.5 Å². The molecule has 3 aromatic rings. The van der Waals surface area contributed by atoms with Crippen LogP contribution >= 0.6 is 23.2 Å². The Morgan fingerprint density at radius 1 is 1.09 bits per heavy atom. The Kier molecular flexibility index (Phi) is 6.72. The highest BCUT2D eigenvalue weighted by Crippen LogP contribution is 2.42. The van der Waals surface area contributed by atoms with Crippen molar-refractivity contribution < 1.29 is 14.3 Å². The van der Waals surface area contributed by atoms with Gasteiger partial charge in [-0.25, -0.2) is 4.98 Å². The van der Waals surface area contributed by atoms with Gasteiger partial charge in [0.1, 0.15) is 0 Å². The van der Waals surface area contributed by atoms with Crippen LogP contribution in [0.3, 0.4) is 0 Å². The lowest BCUT2D eigenvalue weighted by atomic mass is 9.89. The maximum Gasteiger partial charge on any atom is 0.321 e. The second kappa shape index (κ2) is 9.51. The van der Waals surface area contributed by atoms with Crippen LogP contribution in [0.2, 0.25) is 10.0 Å². The maximum atomic E-state index is 13.7. The van der Waals surface area contributed by atoms with E-state index in [1.807, 2.05) is 28.8 Å². The standard InChI is InChI=1S/C24H25Cl2N3O3/c1-3-5-8-13-28-22(30)20(23(31)32-4-2)21(15-11-12-16(25)17(26)14-15)29-19-10-7-6-9-18(19)27-24(28)29/h6-7,9-12,14,20-21H,3-5,8,13H2,1-2H3/t20-,21+/m0/s1. The fourth-order valence-electron chi connectivity index (χ4n) is 4.28. The van der Waals surface area contributed by atoms with Gasteiger partial charge in [-0.2, -0.15) is 0 Å². The zero-order valence-corrected chi connectivity index (χ0v) is 19.6. The number of carbonyl (C=O) groups excluding carboxylic acids is 2. The van der Waals surface area contributed by atoms with Gasteiger partial charge in [0.15, 0.2) is 5.92 Å². The molecule has 1 aliphatic heterocycles. The summed E-state index contributed by atoms with van der Waals surface area (Å²) in [6.07, 6.45) is 2.81. The van der Waals surface area contributed by atoms with Gasteiger partial charge in [-0.15, -0.1) is 0 Å². The number of hydrogen-bond donors (Lipinski definition) is 0. The number of esters is 1. The van der Waals surface area contributed by atoms with Gasteiger partial charge in [0.2, 0.25) is 11.9 Å². The summed E-state index contributed by atoms with van der Waals surface area (Å²) >= 11 is 12.5. The largest absolute Gasteiger partial charge is 0.465 e. The molecular formula is C24H25Cl2N3O3. The first-order chi connectivity index (χ1) is 15.5. The van der Waals surface area contributed by atoms with Crippen LogP contribution in [-0.4, -0.2) is 34.6 Å². The van der Waals surface area contributed by atoms with Crippen molar-refractivity contribution in [2.75, 3.05) is 18.1 Å². The molecule has 168 valence electrons. The molecule has 0 bridgehead atoms. The number of para-hydroxylation sites is 2. The molecule has 0 aliphatic carbocycles. The number of benzene rings is 2. The Balaban J connectivity index is 1.95. The summed E-state index contributed by atoms with van der Waals surface area (Å²) < 4.78 is 7.32. The van der Waals surface area contributed by atoms with Gasteiger partial charge < -0.3 is 9.30 Å². The van der Waals surface area contributed by atoms with Crippen LogP contribution in [0.25, 0.3) is 11.0 Å². The number of amides is 1. The Labute approximate surface area is 197 Å².